The van der Waals surface area contributed by atoms with Gasteiger partial charge in [-0.2, -0.15) is 4.98 Å². The Morgan fingerprint density at radius 3 is 3.00 bits per heavy atom. The molecule has 1 aromatic rings. The standard InChI is InChI=1S/C16H28N4O/c1-4-8-17-16-18-11-13(3)15(19-16)20-9-6-7-14(12-20)21-10-5-2/h11,14H,4-10,12H2,1-3H3,(H,17,18,19). The molecular weight excluding hydrogens is 264 g/mol. The Kier molecular flexibility index (Phi) is 6.23. The van der Waals surface area contributed by atoms with Crippen molar-refractivity contribution in [3.8, 4) is 0 Å². The van der Waals surface area contributed by atoms with Gasteiger partial charge in [-0.3, -0.25) is 0 Å². The molecule has 0 spiro atoms. The van der Waals surface area contributed by atoms with E-state index in [1.165, 1.54) is 0 Å². The van der Waals surface area contributed by atoms with Gasteiger partial charge in [0.15, 0.2) is 0 Å². The van der Waals surface area contributed by atoms with E-state index in [9.17, 15) is 0 Å². The van der Waals surface area contributed by atoms with Crippen LogP contribution in [-0.2, 0) is 4.74 Å². The summed E-state index contributed by atoms with van der Waals surface area (Å²) >= 11 is 0. The first-order valence-corrected chi connectivity index (χ1v) is 8.18. The summed E-state index contributed by atoms with van der Waals surface area (Å²) in [5.74, 6) is 1.78. The highest BCUT2D eigenvalue weighted by Gasteiger charge is 2.22. The van der Waals surface area contributed by atoms with Crippen molar-refractivity contribution < 1.29 is 4.74 Å². The zero-order valence-electron chi connectivity index (χ0n) is 13.6. The SMILES string of the molecule is CCCNc1ncc(C)c(N2CCCC(OCCC)C2)n1. The van der Waals surface area contributed by atoms with Gasteiger partial charge in [-0.25, -0.2) is 4.98 Å². The van der Waals surface area contributed by atoms with Crippen LogP contribution in [0.15, 0.2) is 6.20 Å². The van der Waals surface area contributed by atoms with E-state index in [1.54, 1.807) is 0 Å². The van der Waals surface area contributed by atoms with Crippen LogP contribution in [0.5, 0.6) is 0 Å². The van der Waals surface area contributed by atoms with E-state index in [1.807, 2.05) is 6.20 Å². The third-order valence-corrected chi connectivity index (χ3v) is 3.71. The number of piperidine rings is 1. The number of anilines is 2. The summed E-state index contributed by atoms with van der Waals surface area (Å²) in [5, 5.41) is 3.27. The van der Waals surface area contributed by atoms with Gasteiger partial charge in [-0.1, -0.05) is 13.8 Å². The van der Waals surface area contributed by atoms with E-state index >= 15 is 0 Å². The van der Waals surface area contributed by atoms with E-state index < -0.39 is 0 Å². The Hall–Kier alpha value is -1.36. The van der Waals surface area contributed by atoms with Crippen molar-refractivity contribution >= 4 is 11.8 Å². The Morgan fingerprint density at radius 1 is 1.38 bits per heavy atom. The molecule has 0 saturated carbocycles. The molecule has 21 heavy (non-hydrogen) atoms. The summed E-state index contributed by atoms with van der Waals surface area (Å²) in [6.07, 6.45) is 6.71. The highest BCUT2D eigenvalue weighted by molar-refractivity contribution is 5.49. The molecule has 1 aromatic heterocycles. The number of hydrogen-bond donors (Lipinski definition) is 1. The maximum absolute atomic E-state index is 5.92. The van der Waals surface area contributed by atoms with Gasteiger partial charge in [0.05, 0.1) is 6.10 Å². The van der Waals surface area contributed by atoms with Gasteiger partial charge in [-0.05, 0) is 32.6 Å². The number of aromatic nitrogens is 2. The summed E-state index contributed by atoms with van der Waals surface area (Å²) in [7, 11) is 0. The fourth-order valence-electron chi connectivity index (χ4n) is 2.63. The summed E-state index contributed by atoms with van der Waals surface area (Å²) in [4.78, 5) is 11.4. The number of nitrogens with zero attached hydrogens (tertiary/aromatic N) is 3. The lowest BCUT2D eigenvalue weighted by Crippen LogP contribution is -2.40. The molecule has 2 heterocycles. The van der Waals surface area contributed by atoms with Crippen LogP contribution in [0.3, 0.4) is 0 Å². The van der Waals surface area contributed by atoms with Gasteiger partial charge >= 0.3 is 0 Å². The zero-order chi connectivity index (χ0) is 15.1. The molecule has 1 atom stereocenters. The van der Waals surface area contributed by atoms with E-state index in [0.717, 1.165) is 69.3 Å². The van der Waals surface area contributed by atoms with Crippen LogP contribution < -0.4 is 10.2 Å². The highest BCUT2D eigenvalue weighted by Crippen LogP contribution is 2.23. The number of rotatable bonds is 7. The van der Waals surface area contributed by atoms with Crippen LogP contribution in [0.4, 0.5) is 11.8 Å². The van der Waals surface area contributed by atoms with Gasteiger partial charge in [0, 0.05) is 38.0 Å². The summed E-state index contributed by atoms with van der Waals surface area (Å²) in [5.41, 5.74) is 1.13. The molecule has 1 unspecified atom stereocenters. The second-order valence-electron chi connectivity index (χ2n) is 5.71. The van der Waals surface area contributed by atoms with Gasteiger partial charge in [0.25, 0.3) is 0 Å². The second kappa shape index (κ2) is 8.17. The minimum atomic E-state index is 0.333. The smallest absolute Gasteiger partial charge is 0.224 e. The molecular formula is C16H28N4O. The number of aryl methyl sites for hydroxylation is 1. The Labute approximate surface area is 128 Å². The third-order valence-electron chi connectivity index (χ3n) is 3.71. The van der Waals surface area contributed by atoms with E-state index in [0.29, 0.717) is 6.10 Å². The average Bonchev–Trinajstić information content (AvgIpc) is 2.52. The van der Waals surface area contributed by atoms with Crippen molar-refractivity contribution in [3.05, 3.63) is 11.8 Å². The lowest BCUT2D eigenvalue weighted by Gasteiger charge is -2.34. The summed E-state index contributed by atoms with van der Waals surface area (Å²) in [6, 6.07) is 0. The van der Waals surface area contributed by atoms with Crippen molar-refractivity contribution in [2.45, 2.75) is 52.6 Å². The van der Waals surface area contributed by atoms with Gasteiger partial charge in [-0.15, -0.1) is 0 Å². The molecule has 2 rings (SSSR count). The molecule has 0 bridgehead atoms. The molecule has 0 aliphatic carbocycles. The fraction of sp³-hybridized carbons (Fsp3) is 0.750. The Bertz CT molecular complexity index is 438. The van der Waals surface area contributed by atoms with E-state index in [-0.39, 0.29) is 0 Å². The highest BCUT2D eigenvalue weighted by atomic mass is 16.5. The fourth-order valence-corrected chi connectivity index (χ4v) is 2.63. The van der Waals surface area contributed by atoms with Crippen LogP contribution in [-0.4, -0.2) is 42.3 Å². The predicted octanol–water partition coefficient (Wildman–Crippen LogP) is 3.00. The van der Waals surface area contributed by atoms with Crippen LogP contribution in [0.25, 0.3) is 0 Å². The van der Waals surface area contributed by atoms with Crippen molar-refractivity contribution in [3.63, 3.8) is 0 Å². The van der Waals surface area contributed by atoms with E-state index in [4.69, 9.17) is 9.72 Å². The first kappa shape index (κ1) is 16.0. The van der Waals surface area contributed by atoms with Crippen molar-refractivity contribution in [2.24, 2.45) is 0 Å². The maximum atomic E-state index is 5.92. The number of ether oxygens (including phenoxy) is 1. The molecule has 0 radical (unpaired) electrons. The molecule has 118 valence electrons. The van der Waals surface area contributed by atoms with Gasteiger partial charge < -0.3 is 15.0 Å². The minimum Gasteiger partial charge on any atom is -0.376 e. The van der Waals surface area contributed by atoms with Crippen LogP contribution in [0.2, 0.25) is 0 Å². The summed E-state index contributed by atoms with van der Waals surface area (Å²) < 4.78 is 5.92. The molecule has 1 fully saturated rings. The molecule has 1 aliphatic heterocycles. The van der Waals surface area contributed by atoms with Crippen LogP contribution in [0.1, 0.15) is 45.1 Å². The predicted molar refractivity (Wildman–Crippen MR) is 87.0 cm³/mol. The molecule has 1 aliphatic rings. The van der Waals surface area contributed by atoms with Crippen molar-refractivity contribution in [2.75, 3.05) is 36.5 Å². The third kappa shape index (κ3) is 4.56. The Balaban J connectivity index is 2.05. The quantitative estimate of drug-likeness (QED) is 0.837. The molecule has 0 amide bonds. The Morgan fingerprint density at radius 2 is 2.24 bits per heavy atom. The van der Waals surface area contributed by atoms with Crippen molar-refractivity contribution in [1.29, 1.82) is 0 Å². The summed E-state index contributed by atoms with van der Waals surface area (Å²) in [6.45, 7) is 10.1. The zero-order valence-corrected chi connectivity index (χ0v) is 13.6. The van der Waals surface area contributed by atoms with E-state index in [2.05, 4.69) is 36.0 Å². The number of hydrogen-bond acceptors (Lipinski definition) is 5. The number of nitrogens with one attached hydrogen (secondary N) is 1. The second-order valence-corrected chi connectivity index (χ2v) is 5.71. The molecule has 0 aromatic carbocycles. The van der Waals surface area contributed by atoms with Crippen LogP contribution >= 0.6 is 0 Å². The van der Waals surface area contributed by atoms with Crippen LogP contribution in [0, 0.1) is 6.92 Å². The molecule has 1 saturated heterocycles. The van der Waals surface area contributed by atoms with Gasteiger partial charge in [0.2, 0.25) is 5.95 Å². The first-order valence-electron chi connectivity index (χ1n) is 8.18. The molecule has 5 heteroatoms. The lowest BCUT2D eigenvalue weighted by atomic mass is 10.1. The average molecular weight is 292 g/mol. The topological polar surface area (TPSA) is 50.3 Å². The molecule has 5 nitrogen and oxygen atoms in total. The molecule has 1 N–H and O–H groups in total. The van der Waals surface area contributed by atoms with Crippen molar-refractivity contribution in [1.82, 2.24) is 9.97 Å². The maximum Gasteiger partial charge on any atom is 0.224 e. The monoisotopic (exact) mass is 292 g/mol. The largest absolute Gasteiger partial charge is 0.376 e. The minimum absolute atomic E-state index is 0.333. The first-order chi connectivity index (χ1) is 10.2. The normalized spacial score (nSPS) is 18.8. The van der Waals surface area contributed by atoms with Gasteiger partial charge in [0.1, 0.15) is 5.82 Å². The lowest BCUT2D eigenvalue weighted by molar-refractivity contribution is 0.0439.